The van der Waals surface area contributed by atoms with Gasteiger partial charge < -0.3 is 0 Å². The van der Waals surface area contributed by atoms with Gasteiger partial charge in [0, 0.05) is 14.6 Å². The molecule has 3 aromatic heterocycles. The van der Waals surface area contributed by atoms with Crippen LogP contribution in [0, 0.1) is 0 Å². The van der Waals surface area contributed by atoms with Gasteiger partial charge in [-0.05, 0) is 83.5 Å². The molecule has 0 N–H and O–H groups in total. The lowest BCUT2D eigenvalue weighted by atomic mass is 9.78. The van der Waals surface area contributed by atoms with Crippen LogP contribution >= 0.6 is 34.0 Å². The molecule has 0 aliphatic heterocycles. The molecular weight excluding hydrogens is 529 g/mol. The Balaban J connectivity index is 0.000000292. The van der Waals surface area contributed by atoms with Gasteiger partial charge in [-0.25, -0.2) is 0 Å². The van der Waals surface area contributed by atoms with Crippen LogP contribution in [0.25, 0.3) is 0 Å². The van der Waals surface area contributed by atoms with Gasteiger partial charge in [-0.1, -0.05) is 125 Å². The summed E-state index contributed by atoms with van der Waals surface area (Å²) in [5.41, 5.74) is 6.24. The molecule has 0 radical (unpaired) electrons. The minimum Gasteiger partial charge on any atom is -0.152 e. The fourth-order valence-corrected chi connectivity index (χ4v) is 7.70. The highest BCUT2D eigenvalue weighted by molar-refractivity contribution is 7.12. The third-order valence-electron chi connectivity index (χ3n) is 6.52. The highest BCUT2D eigenvalue weighted by atomic mass is 32.1. The lowest BCUT2D eigenvalue weighted by Crippen LogP contribution is -2.19. The minimum absolute atomic E-state index is 0.280. The number of thiophene rings is 3. The molecular formula is C36H60S3. The Bertz CT molecular complexity index is 991. The van der Waals surface area contributed by atoms with Gasteiger partial charge in [-0.15, -0.1) is 22.7 Å². The Morgan fingerprint density at radius 1 is 0.410 bits per heavy atom. The zero-order valence-corrected chi connectivity index (χ0v) is 31.1. The smallest absolute Gasteiger partial charge is 0.0136 e. The normalized spacial score (nSPS) is 13.4. The first-order chi connectivity index (χ1) is 17.2. The molecule has 0 amide bonds. The van der Waals surface area contributed by atoms with E-state index in [1.165, 1.54) is 31.3 Å². The lowest BCUT2D eigenvalue weighted by Gasteiger charge is -2.26. The monoisotopic (exact) mass is 588 g/mol. The molecule has 3 heteroatoms. The average Bonchev–Trinajstić information content (AvgIpc) is 3.45. The summed E-state index contributed by atoms with van der Waals surface area (Å²) in [7, 11) is 0. The molecule has 0 nitrogen and oxygen atoms in total. The molecule has 3 heterocycles. The van der Waals surface area contributed by atoms with Crippen LogP contribution in [0.2, 0.25) is 0 Å². The van der Waals surface area contributed by atoms with Crippen LogP contribution in [0.4, 0.5) is 0 Å². The summed E-state index contributed by atoms with van der Waals surface area (Å²) in [6.45, 7) is 41.0. The van der Waals surface area contributed by atoms with E-state index in [1.54, 1.807) is 0 Å². The molecule has 3 aromatic rings. The predicted molar refractivity (Wildman–Crippen MR) is 185 cm³/mol. The Kier molecular flexibility index (Phi) is 11.6. The average molecular weight is 589 g/mol. The first-order valence-electron chi connectivity index (χ1n) is 14.4. The van der Waals surface area contributed by atoms with Gasteiger partial charge in [0.05, 0.1) is 0 Å². The third kappa shape index (κ3) is 11.1. The second-order valence-electron chi connectivity index (χ2n) is 17.0. The highest BCUT2D eigenvalue weighted by Gasteiger charge is 2.27. The Morgan fingerprint density at radius 2 is 0.769 bits per heavy atom. The van der Waals surface area contributed by atoms with Crippen molar-refractivity contribution >= 4 is 34.0 Å². The molecule has 0 atom stereocenters. The molecule has 0 aromatic carbocycles. The molecule has 0 aliphatic carbocycles. The van der Waals surface area contributed by atoms with Gasteiger partial charge in [0.25, 0.3) is 0 Å². The fraction of sp³-hybridized carbons (Fsp3) is 0.667. The summed E-state index contributed by atoms with van der Waals surface area (Å²) in [5, 5.41) is 6.79. The van der Waals surface area contributed by atoms with Crippen LogP contribution in [0.1, 0.15) is 156 Å². The van der Waals surface area contributed by atoms with E-state index >= 15 is 0 Å². The summed E-state index contributed by atoms with van der Waals surface area (Å²) >= 11 is 5.65. The number of hydrogen-bond donors (Lipinski definition) is 0. The standard InChI is InChI=1S/3C12H20S/c1-11(2,3)9-7-13-8-10(9)12(4,5)6;1-11(2,3)9-7-8-13-10(9)12(4,5)6;1-11(2,3)9-7-8-10(13-9)12(4,5)6/h3*7-8H,1-6H3. The Morgan fingerprint density at radius 3 is 1.00 bits per heavy atom. The molecule has 0 saturated carbocycles. The number of rotatable bonds is 0. The summed E-state index contributed by atoms with van der Waals surface area (Å²) in [6, 6.07) is 6.81. The van der Waals surface area contributed by atoms with E-state index in [9.17, 15) is 0 Å². The van der Waals surface area contributed by atoms with Gasteiger partial charge in [0.1, 0.15) is 0 Å². The maximum absolute atomic E-state index is 2.29. The first kappa shape index (κ1) is 36.1. The van der Waals surface area contributed by atoms with Gasteiger partial charge in [0.15, 0.2) is 0 Å². The molecule has 0 fully saturated rings. The van der Waals surface area contributed by atoms with Gasteiger partial charge in [-0.2, -0.15) is 11.3 Å². The second-order valence-corrected chi connectivity index (χ2v) is 19.8. The SMILES string of the molecule is CC(C)(C)c1ccc(C(C)(C)C)s1.CC(C)(C)c1ccsc1C(C)(C)C.CC(C)(C)c1cscc1C(C)(C)C. The van der Waals surface area contributed by atoms with Crippen molar-refractivity contribution in [1.29, 1.82) is 0 Å². The molecule has 222 valence electrons. The van der Waals surface area contributed by atoms with E-state index < -0.39 is 0 Å². The largest absolute Gasteiger partial charge is 0.152 e. The topological polar surface area (TPSA) is 0 Å². The molecule has 3 rings (SSSR count). The van der Waals surface area contributed by atoms with Gasteiger partial charge in [0.2, 0.25) is 0 Å². The van der Waals surface area contributed by atoms with E-state index in [4.69, 9.17) is 0 Å². The lowest BCUT2D eigenvalue weighted by molar-refractivity contribution is 0.534. The van der Waals surface area contributed by atoms with Crippen LogP contribution < -0.4 is 0 Å². The third-order valence-corrected chi connectivity index (χ3v) is 10.5. The molecule has 39 heavy (non-hydrogen) atoms. The van der Waals surface area contributed by atoms with Crippen molar-refractivity contribution in [2.45, 2.75) is 157 Å². The Hall–Kier alpha value is -0.900. The maximum Gasteiger partial charge on any atom is 0.0136 e. The van der Waals surface area contributed by atoms with Crippen molar-refractivity contribution in [3.8, 4) is 0 Å². The fourth-order valence-electron chi connectivity index (χ4n) is 4.08. The predicted octanol–water partition coefficient (Wildman–Crippen LogP) is 13.0. The Labute approximate surface area is 255 Å². The van der Waals surface area contributed by atoms with Crippen LogP contribution in [0.5, 0.6) is 0 Å². The van der Waals surface area contributed by atoms with Crippen molar-refractivity contribution in [2.75, 3.05) is 0 Å². The van der Waals surface area contributed by atoms with Crippen LogP contribution in [-0.4, -0.2) is 0 Å². The molecule has 0 bridgehead atoms. The van der Waals surface area contributed by atoms with E-state index in [2.05, 4.69) is 159 Å². The zero-order chi connectivity index (χ0) is 30.8. The summed E-state index contributed by atoms with van der Waals surface area (Å²) in [5.74, 6) is 0. The molecule has 0 unspecified atom stereocenters. The summed E-state index contributed by atoms with van der Waals surface area (Å²) < 4.78 is 0. The van der Waals surface area contributed by atoms with Crippen molar-refractivity contribution in [1.82, 2.24) is 0 Å². The highest BCUT2D eigenvalue weighted by Crippen LogP contribution is 2.38. The molecule has 0 saturated heterocycles. The van der Waals surface area contributed by atoms with Crippen molar-refractivity contribution < 1.29 is 0 Å². The minimum atomic E-state index is 0.280. The zero-order valence-electron chi connectivity index (χ0n) is 28.7. The first-order valence-corrected chi connectivity index (χ1v) is 17.1. The van der Waals surface area contributed by atoms with E-state index in [0.717, 1.165) is 0 Å². The van der Waals surface area contributed by atoms with Crippen LogP contribution in [-0.2, 0) is 32.5 Å². The molecule has 0 spiro atoms. The number of hydrogen-bond acceptors (Lipinski definition) is 3. The second kappa shape index (κ2) is 12.5. The summed E-state index contributed by atoms with van der Waals surface area (Å²) in [6.07, 6.45) is 0. The van der Waals surface area contributed by atoms with Gasteiger partial charge in [-0.3, -0.25) is 0 Å². The quantitative estimate of drug-likeness (QED) is 0.245. The maximum atomic E-state index is 2.29. The molecule has 0 aliphatic rings. The van der Waals surface area contributed by atoms with Crippen molar-refractivity contribution in [3.05, 3.63) is 65.7 Å². The van der Waals surface area contributed by atoms with Gasteiger partial charge >= 0.3 is 0 Å². The van der Waals surface area contributed by atoms with Crippen LogP contribution in [0.15, 0.2) is 34.3 Å². The van der Waals surface area contributed by atoms with E-state index in [1.807, 2.05) is 34.0 Å². The summed E-state index contributed by atoms with van der Waals surface area (Å²) in [4.78, 5) is 4.50. The van der Waals surface area contributed by atoms with Crippen molar-refractivity contribution in [2.24, 2.45) is 0 Å². The van der Waals surface area contributed by atoms with E-state index in [0.29, 0.717) is 10.8 Å². The van der Waals surface area contributed by atoms with Crippen molar-refractivity contribution in [3.63, 3.8) is 0 Å². The van der Waals surface area contributed by atoms with Crippen LogP contribution in [0.3, 0.4) is 0 Å². The van der Waals surface area contributed by atoms with E-state index in [-0.39, 0.29) is 21.7 Å².